The molecular weight excluding hydrogens is 374 g/mol. The second kappa shape index (κ2) is 21.1. The molecule has 4 heteroatoms. The summed E-state index contributed by atoms with van der Waals surface area (Å²) in [6.45, 7) is 3.76. The molecule has 0 heterocycles. The van der Waals surface area contributed by atoms with E-state index in [4.69, 9.17) is 0 Å². The van der Waals surface area contributed by atoms with Gasteiger partial charge in [0.05, 0.1) is 7.11 Å². The Morgan fingerprint density at radius 3 is 1.53 bits per heavy atom. The summed E-state index contributed by atoms with van der Waals surface area (Å²) in [5, 5.41) is 2.61. The zero-order valence-corrected chi connectivity index (χ0v) is 18.9. The maximum absolute atomic E-state index is 11.7. The quantitative estimate of drug-likeness (QED) is 0.244. The number of hydrogen-bond donors (Lipinski definition) is 1. The second-order valence-corrected chi connectivity index (χ2v) is 6.77. The number of allylic oxidation sites excluding steroid dienone is 12. The second-order valence-electron chi connectivity index (χ2n) is 6.77. The Bertz CT molecular complexity index is 624. The summed E-state index contributed by atoms with van der Waals surface area (Å²) >= 11 is 0. The first-order valence-electron chi connectivity index (χ1n) is 10.9. The molecule has 1 amide bonds. The third kappa shape index (κ3) is 18.7. The number of rotatable bonds is 16. The number of hydrogen-bond acceptors (Lipinski definition) is 3. The van der Waals surface area contributed by atoms with Gasteiger partial charge < -0.3 is 10.1 Å². The van der Waals surface area contributed by atoms with Crippen molar-refractivity contribution < 1.29 is 14.3 Å². The van der Waals surface area contributed by atoms with E-state index in [-0.39, 0.29) is 5.91 Å². The van der Waals surface area contributed by atoms with E-state index in [0.717, 1.165) is 38.5 Å². The van der Waals surface area contributed by atoms with Crippen molar-refractivity contribution in [1.29, 1.82) is 0 Å². The molecule has 1 N–H and O–H groups in total. The van der Waals surface area contributed by atoms with Gasteiger partial charge in [-0.1, -0.05) is 79.8 Å². The number of carbonyl (C=O) groups excluding carboxylic acids is 2. The van der Waals surface area contributed by atoms with Gasteiger partial charge in [-0.25, -0.2) is 4.79 Å². The highest BCUT2D eigenvalue weighted by Crippen LogP contribution is 1.98. The predicted molar refractivity (Wildman–Crippen MR) is 127 cm³/mol. The van der Waals surface area contributed by atoms with Crippen LogP contribution in [0.5, 0.6) is 0 Å². The van der Waals surface area contributed by atoms with Crippen molar-refractivity contribution in [3.05, 3.63) is 72.9 Å². The summed E-state index contributed by atoms with van der Waals surface area (Å²) in [6.07, 6.45) is 32.7. The van der Waals surface area contributed by atoms with Crippen molar-refractivity contribution in [3.8, 4) is 0 Å². The maximum atomic E-state index is 11.7. The van der Waals surface area contributed by atoms with Gasteiger partial charge in [0.25, 0.3) is 0 Å². The molecule has 0 spiro atoms. The van der Waals surface area contributed by atoms with E-state index in [2.05, 4.69) is 77.7 Å². The van der Waals surface area contributed by atoms with E-state index in [1.54, 1.807) is 6.92 Å². The van der Waals surface area contributed by atoms with Crippen LogP contribution in [-0.4, -0.2) is 25.0 Å². The van der Waals surface area contributed by atoms with Crippen LogP contribution >= 0.6 is 0 Å². The van der Waals surface area contributed by atoms with Gasteiger partial charge in [0, 0.05) is 6.42 Å². The Hall–Kier alpha value is -2.62. The lowest BCUT2D eigenvalue weighted by molar-refractivity contribution is -0.144. The summed E-state index contributed by atoms with van der Waals surface area (Å²) < 4.78 is 4.57. The van der Waals surface area contributed by atoms with Crippen molar-refractivity contribution >= 4 is 11.9 Å². The van der Waals surface area contributed by atoms with Crippen molar-refractivity contribution in [3.63, 3.8) is 0 Å². The zero-order valence-electron chi connectivity index (χ0n) is 18.9. The summed E-state index contributed by atoms with van der Waals surface area (Å²) in [5.41, 5.74) is 0. The van der Waals surface area contributed by atoms with Gasteiger partial charge >= 0.3 is 5.97 Å². The summed E-state index contributed by atoms with van der Waals surface area (Å²) in [5.74, 6) is -0.579. The maximum Gasteiger partial charge on any atom is 0.328 e. The molecule has 0 aromatic heterocycles. The third-order valence-electron chi connectivity index (χ3n) is 4.07. The molecule has 0 aliphatic heterocycles. The zero-order chi connectivity index (χ0) is 22.3. The highest BCUT2D eigenvalue weighted by atomic mass is 16.5. The molecule has 4 nitrogen and oxygen atoms in total. The van der Waals surface area contributed by atoms with Crippen LogP contribution in [0.25, 0.3) is 0 Å². The molecule has 0 saturated carbocycles. The molecule has 0 aliphatic rings. The lowest BCUT2D eigenvalue weighted by Gasteiger charge is -2.10. The number of ether oxygens (including phenoxy) is 1. The van der Waals surface area contributed by atoms with Gasteiger partial charge in [-0.15, -0.1) is 0 Å². The number of amides is 1. The Morgan fingerprint density at radius 2 is 1.13 bits per heavy atom. The van der Waals surface area contributed by atoms with Gasteiger partial charge in [0.2, 0.25) is 5.91 Å². The molecule has 0 aliphatic carbocycles. The first kappa shape index (κ1) is 27.4. The fourth-order valence-corrected chi connectivity index (χ4v) is 2.40. The molecular formula is C26H39NO3. The summed E-state index contributed by atoms with van der Waals surface area (Å²) in [4.78, 5) is 22.9. The SMILES string of the molecule is CCC=CCC=CCC=CCC=CCC=CCC=CCCC(=O)N[C@@H](C)C(=O)OC. The predicted octanol–water partition coefficient (Wildman–Crippen LogP) is 6.14. The van der Waals surface area contributed by atoms with Gasteiger partial charge in [-0.2, -0.15) is 0 Å². The molecule has 0 fully saturated rings. The molecule has 1 atom stereocenters. The number of carbonyl (C=O) groups is 2. The Kier molecular flexibility index (Phi) is 19.3. The van der Waals surface area contributed by atoms with E-state index in [9.17, 15) is 9.59 Å². The average Bonchev–Trinajstić information content (AvgIpc) is 2.74. The highest BCUT2D eigenvalue weighted by molar-refractivity contribution is 5.84. The van der Waals surface area contributed by atoms with Gasteiger partial charge in [-0.3, -0.25) is 4.79 Å². The normalized spacial score (nSPS) is 13.6. The van der Waals surface area contributed by atoms with E-state index >= 15 is 0 Å². The van der Waals surface area contributed by atoms with Crippen LogP contribution in [0.3, 0.4) is 0 Å². The standard InChI is InChI=1S/C26H39NO3/c1-4-5-6-7-8-9-10-11-12-13-14-15-16-17-18-19-20-21-22-23-25(28)27-24(2)26(29)30-3/h5-6,8-9,11-12,14-15,17-18,20-21,24H,4,7,10,13,16,19,22-23H2,1-3H3,(H,27,28)/t24-/m0/s1. The van der Waals surface area contributed by atoms with Crippen molar-refractivity contribution in [1.82, 2.24) is 5.32 Å². The van der Waals surface area contributed by atoms with Crippen molar-refractivity contribution in [2.24, 2.45) is 0 Å². The van der Waals surface area contributed by atoms with E-state index in [0.29, 0.717) is 12.8 Å². The monoisotopic (exact) mass is 413 g/mol. The molecule has 0 radical (unpaired) electrons. The van der Waals surface area contributed by atoms with Crippen LogP contribution in [0.4, 0.5) is 0 Å². The third-order valence-corrected chi connectivity index (χ3v) is 4.07. The number of esters is 1. The molecule has 166 valence electrons. The van der Waals surface area contributed by atoms with Crippen molar-refractivity contribution in [2.45, 2.75) is 71.3 Å². The summed E-state index contributed by atoms with van der Waals surface area (Å²) in [7, 11) is 1.31. The molecule has 0 aromatic rings. The molecule has 0 unspecified atom stereocenters. The summed E-state index contributed by atoms with van der Waals surface area (Å²) in [6, 6.07) is -0.604. The largest absolute Gasteiger partial charge is 0.467 e. The van der Waals surface area contributed by atoms with E-state index < -0.39 is 12.0 Å². The first-order valence-corrected chi connectivity index (χ1v) is 10.9. The van der Waals surface area contributed by atoms with Crippen LogP contribution < -0.4 is 5.32 Å². The Labute approximate surface area is 183 Å². The van der Waals surface area contributed by atoms with Gasteiger partial charge in [-0.05, 0) is 51.9 Å². The van der Waals surface area contributed by atoms with Crippen LogP contribution in [0.15, 0.2) is 72.9 Å². The lowest BCUT2D eigenvalue weighted by Crippen LogP contribution is -2.38. The average molecular weight is 414 g/mol. The van der Waals surface area contributed by atoms with Crippen LogP contribution in [0, 0.1) is 0 Å². The fraction of sp³-hybridized carbons (Fsp3) is 0.462. The lowest BCUT2D eigenvalue weighted by atomic mass is 10.2. The van der Waals surface area contributed by atoms with Gasteiger partial charge in [0.15, 0.2) is 0 Å². The fourth-order valence-electron chi connectivity index (χ4n) is 2.40. The van der Waals surface area contributed by atoms with Gasteiger partial charge in [0.1, 0.15) is 6.04 Å². The first-order chi connectivity index (χ1) is 14.6. The highest BCUT2D eigenvalue weighted by Gasteiger charge is 2.14. The van der Waals surface area contributed by atoms with Crippen molar-refractivity contribution in [2.75, 3.05) is 7.11 Å². The number of nitrogens with one attached hydrogen (secondary N) is 1. The van der Waals surface area contributed by atoms with Crippen LogP contribution in [-0.2, 0) is 14.3 Å². The Balaban J connectivity index is 3.67. The minimum absolute atomic E-state index is 0.146. The van der Waals surface area contributed by atoms with E-state index in [1.807, 2.05) is 12.2 Å². The Morgan fingerprint density at radius 1 is 0.733 bits per heavy atom. The smallest absolute Gasteiger partial charge is 0.328 e. The minimum Gasteiger partial charge on any atom is -0.467 e. The molecule has 0 aromatic carbocycles. The topological polar surface area (TPSA) is 55.4 Å². The number of methoxy groups -OCH3 is 1. The van der Waals surface area contributed by atoms with Crippen LogP contribution in [0.2, 0.25) is 0 Å². The van der Waals surface area contributed by atoms with Crippen LogP contribution in [0.1, 0.15) is 65.2 Å². The molecule has 0 saturated heterocycles. The molecule has 0 bridgehead atoms. The molecule has 30 heavy (non-hydrogen) atoms. The van der Waals surface area contributed by atoms with E-state index in [1.165, 1.54) is 7.11 Å². The minimum atomic E-state index is -0.604. The molecule has 0 rings (SSSR count).